The average molecular weight is 234 g/mol. The Hall–Kier alpha value is -2.10. The number of carbonyl (C=O) groups is 2. The molecule has 4 nitrogen and oxygen atoms in total. The van der Waals surface area contributed by atoms with Crippen molar-refractivity contribution in [2.45, 2.75) is 12.8 Å². The van der Waals surface area contributed by atoms with Gasteiger partial charge in [0, 0.05) is 12.5 Å². The number of hydrogen-bond donors (Lipinski definition) is 1. The van der Waals surface area contributed by atoms with E-state index in [0.29, 0.717) is 6.42 Å². The highest BCUT2D eigenvalue weighted by Gasteiger charge is 1.99. The van der Waals surface area contributed by atoms with Crippen LogP contribution in [0.4, 0.5) is 0 Å². The summed E-state index contributed by atoms with van der Waals surface area (Å²) in [6.07, 6.45) is 3.32. The molecule has 0 spiro atoms. The van der Waals surface area contributed by atoms with Gasteiger partial charge in [0.25, 0.3) is 0 Å². The van der Waals surface area contributed by atoms with Gasteiger partial charge in [-0.1, -0.05) is 30.3 Å². The molecule has 4 heteroatoms. The van der Waals surface area contributed by atoms with Crippen LogP contribution in [-0.4, -0.2) is 23.7 Å². The zero-order valence-electron chi connectivity index (χ0n) is 9.33. The van der Waals surface area contributed by atoms with Gasteiger partial charge >= 0.3 is 11.9 Å². The second-order valence-electron chi connectivity index (χ2n) is 3.41. The zero-order valence-corrected chi connectivity index (χ0v) is 9.33. The fraction of sp³-hybridized carbons (Fsp3) is 0.231. The molecule has 0 aliphatic carbocycles. The van der Waals surface area contributed by atoms with E-state index in [4.69, 9.17) is 9.84 Å². The van der Waals surface area contributed by atoms with Crippen molar-refractivity contribution in [3.63, 3.8) is 0 Å². The molecule has 0 unspecified atom stereocenters. The number of aliphatic carboxylic acids is 1. The van der Waals surface area contributed by atoms with Crippen LogP contribution in [0.2, 0.25) is 0 Å². The summed E-state index contributed by atoms with van der Waals surface area (Å²) in [4.78, 5) is 21.4. The van der Waals surface area contributed by atoms with E-state index in [2.05, 4.69) is 0 Å². The van der Waals surface area contributed by atoms with Gasteiger partial charge in [0.2, 0.25) is 0 Å². The van der Waals surface area contributed by atoms with Crippen LogP contribution in [-0.2, 0) is 14.3 Å². The minimum Gasteiger partial charge on any atom is -0.481 e. The topological polar surface area (TPSA) is 63.6 Å². The fourth-order valence-electron chi connectivity index (χ4n) is 1.17. The molecule has 17 heavy (non-hydrogen) atoms. The summed E-state index contributed by atoms with van der Waals surface area (Å²) in [5.41, 5.74) is 0.912. The van der Waals surface area contributed by atoms with Crippen LogP contribution in [0.1, 0.15) is 18.4 Å². The first-order chi connectivity index (χ1) is 8.18. The molecule has 1 rings (SSSR count). The largest absolute Gasteiger partial charge is 0.481 e. The summed E-state index contributed by atoms with van der Waals surface area (Å²) >= 11 is 0. The van der Waals surface area contributed by atoms with Gasteiger partial charge in [-0.3, -0.25) is 4.79 Å². The summed E-state index contributed by atoms with van der Waals surface area (Å²) in [5.74, 6) is -1.35. The number of rotatable bonds is 6. The molecule has 0 saturated heterocycles. The van der Waals surface area contributed by atoms with Gasteiger partial charge in [-0.15, -0.1) is 0 Å². The lowest BCUT2D eigenvalue weighted by atomic mass is 10.2. The molecular formula is C13H14O4. The maximum Gasteiger partial charge on any atom is 0.330 e. The minimum absolute atomic E-state index is 0.00960. The van der Waals surface area contributed by atoms with Crippen molar-refractivity contribution in [3.05, 3.63) is 42.0 Å². The molecule has 0 atom stereocenters. The molecule has 0 heterocycles. The van der Waals surface area contributed by atoms with Crippen molar-refractivity contribution in [1.29, 1.82) is 0 Å². The Labute approximate surface area is 99.5 Å². The number of carboxylic acids is 1. The predicted molar refractivity (Wildman–Crippen MR) is 63.3 cm³/mol. The first kappa shape index (κ1) is 13.0. The van der Waals surface area contributed by atoms with Crippen LogP contribution < -0.4 is 0 Å². The number of esters is 1. The summed E-state index contributed by atoms with van der Waals surface area (Å²) in [5, 5.41) is 8.38. The zero-order chi connectivity index (χ0) is 12.5. The van der Waals surface area contributed by atoms with E-state index in [1.165, 1.54) is 6.08 Å². The number of ether oxygens (including phenoxy) is 1. The van der Waals surface area contributed by atoms with Crippen molar-refractivity contribution < 1.29 is 19.4 Å². The smallest absolute Gasteiger partial charge is 0.330 e. The summed E-state index contributed by atoms with van der Waals surface area (Å²) in [6.45, 7) is 0.129. The maximum atomic E-state index is 11.2. The molecule has 0 aromatic heterocycles. The molecule has 1 N–H and O–H groups in total. The number of hydrogen-bond acceptors (Lipinski definition) is 3. The Kier molecular flexibility index (Phi) is 5.51. The van der Waals surface area contributed by atoms with Gasteiger partial charge in [0.15, 0.2) is 0 Å². The highest BCUT2D eigenvalue weighted by Crippen LogP contribution is 2.01. The Morgan fingerprint density at radius 2 is 1.94 bits per heavy atom. The lowest BCUT2D eigenvalue weighted by molar-refractivity contribution is -0.141. The van der Waals surface area contributed by atoms with Gasteiger partial charge in [-0.05, 0) is 18.1 Å². The molecule has 90 valence electrons. The van der Waals surface area contributed by atoms with Gasteiger partial charge in [-0.2, -0.15) is 0 Å². The van der Waals surface area contributed by atoms with Gasteiger partial charge < -0.3 is 9.84 Å². The van der Waals surface area contributed by atoms with Crippen LogP contribution >= 0.6 is 0 Å². The number of carboxylic acid groups (broad SMARTS) is 1. The van der Waals surface area contributed by atoms with Crippen LogP contribution in [0.3, 0.4) is 0 Å². The normalized spacial score (nSPS) is 10.4. The Balaban J connectivity index is 2.25. The molecule has 0 saturated carbocycles. The van der Waals surface area contributed by atoms with E-state index < -0.39 is 11.9 Å². The van der Waals surface area contributed by atoms with Crippen molar-refractivity contribution in [1.82, 2.24) is 0 Å². The molecular weight excluding hydrogens is 220 g/mol. The highest BCUT2D eigenvalue weighted by molar-refractivity contribution is 5.87. The van der Waals surface area contributed by atoms with E-state index in [1.54, 1.807) is 6.08 Å². The van der Waals surface area contributed by atoms with Crippen LogP contribution in [0.25, 0.3) is 6.08 Å². The Morgan fingerprint density at radius 3 is 2.59 bits per heavy atom. The standard InChI is InChI=1S/C13H14O4/c14-12(15)7-4-10-17-13(16)9-8-11-5-2-1-3-6-11/h1-3,5-6,8-9H,4,7,10H2,(H,14,15). The average Bonchev–Trinajstić information content (AvgIpc) is 2.33. The monoisotopic (exact) mass is 234 g/mol. The van der Waals surface area contributed by atoms with Crippen LogP contribution in [0, 0.1) is 0 Å². The number of benzene rings is 1. The van der Waals surface area contributed by atoms with Crippen LogP contribution in [0.5, 0.6) is 0 Å². The molecule has 0 fully saturated rings. The summed E-state index contributed by atoms with van der Waals surface area (Å²) < 4.78 is 4.83. The quantitative estimate of drug-likeness (QED) is 0.465. The second-order valence-corrected chi connectivity index (χ2v) is 3.41. The van der Waals surface area contributed by atoms with E-state index in [0.717, 1.165) is 5.56 Å². The highest BCUT2D eigenvalue weighted by atomic mass is 16.5. The van der Waals surface area contributed by atoms with Crippen molar-refractivity contribution in [2.75, 3.05) is 6.61 Å². The molecule has 0 aliphatic heterocycles. The van der Waals surface area contributed by atoms with E-state index in [-0.39, 0.29) is 13.0 Å². The van der Waals surface area contributed by atoms with Crippen molar-refractivity contribution in [3.8, 4) is 0 Å². The molecule has 1 aromatic rings. The number of carbonyl (C=O) groups excluding carboxylic acids is 1. The third kappa shape index (κ3) is 6.14. The summed E-state index contributed by atoms with van der Waals surface area (Å²) in [6, 6.07) is 9.37. The van der Waals surface area contributed by atoms with Gasteiger partial charge in [-0.25, -0.2) is 4.79 Å². The van der Waals surface area contributed by atoms with Crippen LogP contribution in [0.15, 0.2) is 36.4 Å². The maximum absolute atomic E-state index is 11.2. The van der Waals surface area contributed by atoms with Gasteiger partial charge in [0.05, 0.1) is 6.61 Å². The minimum atomic E-state index is -0.888. The Morgan fingerprint density at radius 1 is 1.24 bits per heavy atom. The first-order valence-electron chi connectivity index (χ1n) is 5.30. The van der Waals surface area contributed by atoms with Gasteiger partial charge in [0.1, 0.15) is 0 Å². The summed E-state index contributed by atoms with van der Waals surface area (Å²) in [7, 11) is 0. The third-order valence-electron chi connectivity index (χ3n) is 1.99. The first-order valence-corrected chi connectivity index (χ1v) is 5.30. The van der Waals surface area contributed by atoms with E-state index >= 15 is 0 Å². The fourth-order valence-corrected chi connectivity index (χ4v) is 1.17. The molecule has 0 radical (unpaired) electrons. The van der Waals surface area contributed by atoms with Crippen molar-refractivity contribution >= 4 is 18.0 Å². The predicted octanol–water partition coefficient (Wildman–Crippen LogP) is 2.11. The van der Waals surface area contributed by atoms with Crippen molar-refractivity contribution in [2.24, 2.45) is 0 Å². The molecule has 0 bridgehead atoms. The molecule has 1 aromatic carbocycles. The van der Waals surface area contributed by atoms with E-state index in [9.17, 15) is 9.59 Å². The molecule has 0 aliphatic rings. The third-order valence-corrected chi connectivity index (χ3v) is 1.99. The Bertz CT molecular complexity index is 395. The SMILES string of the molecule is O=C(O)CCCOC(=O)C=Cc1ccccc1. The lowest BCUT2D eigenvalue weighted by Gasteiger charge is -1.99. The molecule has 0 amide bonds. The second kappa shape index (κ2) is 7.22. The lowest BCUT2D eigenvalue weighted by Crippen LogP contribution is -2.04. The van der Waals surface area contributed by atoms with E-state index in [1.807, 2.05) is 30.3 Å².